The molecule has 172 valence electrons. The molecule has 0 radical (unpaired) electrons. The Morgan fingerprint density at radius 1 is 1.06 bits per heavy atom. The molecular formula is C26H34N2O4. The fourth-order valence-corrected chi connectivity index (χ4v) is 3.31. The minimum Gasteiger partial charge on any atom is -0.493 e. The first-order valence-electron chi connectivity index (χ1n) is 10.7. The highest BCUT2D eigenvalue weighted by Gasteiger charge is 2.13. The Labute approximate surface area is 191 Å². The first-order chi connectivity index (χ1) is 15.1. The zero-order valence-electron chi connectivity index (χ0n) is 20.1. The van der Waals surface area contributed by atoms with Crippen molar-refractivity contribution >= 4 is 23.6 Å². The van der Waals surface area contributed by atoms with E-state index in [9.17, 15) is 9.59 Å². The highest BCUT2D eigenvalue weighted by Crippen LogP contribution is 2.29. The number of ether oxygens (including phenoxy) is 2. The summed E-state index contributed by atoms with van der Waals surface area (Å²) in [5.74, 6) is 1.18. The Morgan fingerprint density at radius 2 is 1.72 bits per heavy atom. The molecule has 0 spiro atoms. The number of methoxy groups -OCH3 is 1. The molecule has 2 aromatic rings. The summed E-state index contributed by atoms with van der Waals surface area (Å²) >= 11 is 0. The number of hydrogen-bond donors (Lipinski definition) is 1. The highest BCUT2D eigenvalue weighted by atomic mass is 16.5. The van der Waals surface area contributed by atoms with Crippen molar-refractivity contribution in [3.8, 4) is 11.5 Å². The van der Waals surface area contributed by atoms with Crippen LogP contribution in [0.4, 0.5) is 5.69 Å². The van der Waals surface area contributed by atoms with Gasteiger partial charge in [-0.1, -0.05) is 37.6 Å². The van der Waals surface area contributed by atoms with Gasteiger partial charge in [-0.15, -0.1) is 0 Å². The van der Waals surface area contributed by atoms with Crippen LogP contribution in [0.3, 0.4) is 0 Å². The quantitative estimate of drug-likeness (QED) is 0.573. The third kappa shape index (κ3) is 7.15. The molecule has 1 N–H and O–H groups in total. The van der Waals surface area contributed by atoms with Gasteiger partial charge >= 0.3 is 0 Å². The van der Waals surface area contributed by atoms with Crippen molar-refractivity contribution in [3.63, 3.8) is 0 Å². The molecule has 0 aliphatic rings. The molecule has 0 heterocycles. The van der Waals surface area contributed by atoms with Crippen LogP contribution in [0.2, 0.25) is 0 Å². The summed E-state index contributed by atoms with van der Waals surface area (Å²) in [4.78, 5) is 26.3. The van der Waals surface area contributed by atoms with Crippen LogP contribution in [-0.2, 0) is 9.59 Å². The number of aryl methyl sites for hydroxylation is 3. The molecule has 2 amide bonds. The number of carbonyl (C=O) groups excluding carboxylic acids is 2. The number of rotatable bonds is 9. The first-order valence-corrected chi connectivity index (χ1v) is 10.7. The normalized spacial score (nSPS) is 11.0. The third-order valence-electron chi connectivity index (χ3n) is 4.88. The van der Waals surface area contributed by atoms with Gasteiger partial charge in [-0.2, -0.15) is 0 Å². The van der Waals surface area contributed by atoms with Gasteiger partial charge in [0.25, 0.3) is 0 Å². The van der Waals surface area contributed by atoms with Crippen molar-refractivity contribution in [1.29, 1.82) is 0 Å². The predicted molar refractivity (Wildman–Crippen MR) is 129 cm³/mol. The number of benzene rings is 2. The second kappa shape index (κ2) is 11.4. The monoisotopic (exact) mass is 438 g/mol. The van der Waals surface area contributed by atoms with Gasteiger partial charge in [0.1, 0.15) is 0 Å². The van der Waals surface area contributed by atoms with Gasteiger partial charge in [-0.05, 0) is 61.6 Å². The Balaban J connectivity index is 1.99. The number of hydrogen-bond acceptors (Lipinski definition) is 4. The molecule has 2 rings (SSSR count). The van der Waals surface area contributed by atoms with Gasteiger partial charge in [0.15, 0.2) is 11.5 Å². The van der Waals surface area contributed by atoms with Gasteiger partial charge < -0.3 is 19.7 Å². The summed E-state index contributed by atoms with van der Waals surface area (Å²) in [7, 11) is 3.19. The molecular weight excluding hydrogens is 404 g/mol. The summed E-state index contributed by atoms with van der Waals surface area (Å²) in [6.45, 7) is 10.7. The van der Waals surface area contributed by atoms with Crippen LogP contribution >= 0.6 is 0 Å². The summed E-state index contributed by atoms with van der Waals surface area (Å²) in [6, 6.07) is 9.54. The molecule has 6 heteroatoms. The first kappa shape index (κ1) is 25.0. The number of likely N-dealkylation sites (N-methyl/N-ethyl adjacent to an activating group) is 1. The van der Waals surface area contributed by atoms with Crippen LogP contribution in [0.25, 0.3) is 6.08 Å². The number of amides is 2. The Hall–Kier alpha value is -3.28. The van der Waals surface area contributed by atoms with E-state index < -0.39 is 0 Å². The molecule has 0 atom stereocenters. The minimum absolute atomic E-state index is 0.0404. The zero-order chi connectivity index (χ0) is 23.8. The van der Waals surface area contributed by atoms with Crippen molar-refractivity contribution in [1.82, 2.24) is 4.90 Å². The van der Waals surface area contributed by atoms with Crippen molar-refractivity contribution in [2.45, 2.75) is 34.6 Å². The van der Waals surface area contributed by atoms with E-state index in [1.165, 1.54) is 11.0 Å². The van der Waals surface area contributed by atoms with Crippen molar-refractivity contribution in [3.05, 3.63) is 58.7 Å². The second-order valence-electron chi connectivity index (χ2n) is 8.46. The molecule has 0 unspecified atom stereocenters. The molecule has 0 saturated heterocycles. The van der Waals surface area contributed by atoms with E-state index in [1.807, 2.05) is 51.1 Å². The van der Waals surface area contributed by atoms with E-state index in [2.05, 4.69) is 19.2 Å². The molecule has 0 bridgehead atoms. The SMILES string of the molecule is COc1cc(/C=C/C(=O)N(C)CC(=O)Nc2c(C)cc(C)cc2C)ccc1OCC(C)C. The predicted octanol–water partition coefficient (Wildman–Crippen LogP) is 4.77. The summed E-state index contributed by atoms with van der Waals surface area (Å²) in [6.07, 6.45) is 3.14. The summed E-state index contributed by atoms with van der Waals surface area (Å²) < 4.78 is 11.2. The second-order valence-corrected chi connectivity index (χ2v) is 8.46. The lowest BCUT2D eigenvalue weighted by molar-refractivity contribution is -0.129. The van der Waals surface area contributed by atoms with Crippen LogP contribution in [0, 0.1) is 26.7 Å². The van der Waals surface area contributed by atoms with Gasteiger partial charge in [-0.3, -0.25) is 9.59 Å². The van der Waals surface area contributed by atoms with E-state index in [-0.39, 0.29) is 18.4 Å². The molecule has 32 heavy (non-hydrogen) atoms. The van der Waals surface area contributed by atoms with Crippen LogP contribution in [0.5, 0.6) is 11.5 Å². The van der Waals surface area contributed by atoms with E-state index in [1.54, 1.807) is 20.2 Å². The molecule has 0 saturated carbocycles. The molecule has 6 nitrogen and oxygen atoms in total. The lowest BCUT2D eigenvalue weighted by Crippen LogP contribution is -2.34. The molecule has 0 fully saturated rings. The average Bonchev–Trinajstić information content (AvgIpc) is 2.73. The maximum atomic E-state index is 12.5. The van der Waals surface area contributed by atoms with E-state index in [0.717, 1.165) is 27.9 Å². The van der Waals surface area contributed by atoms with Crippen LogP contribution < -0.4 is 14.8 Å². The lowest BCUT2D eigenvalue weighted by Gasteiger charge is -2.17. The number of nitrogens with zero attached hydrogens (tertiary/aromatic N) is 1. The van der Waals surface area contributed by atoms with Gasteiger partial charge in [0, 0.05) is 18.8 Å². The number of nitrogens with one attached hydrogen (secondary N) is 1. The fraction of sp³-hybridized carbons (Fsp3) is 0.385. The van der Waals surface area contributed by atoms with Crippen molar-refractivity contribution in [2.75, 3.05) is 32.6 Å². The molecule has 0 aromatic heterocycles. The maximum absolute atomic E-state index is 12.5. The Morgan fingerprint density at radius 3 is 2.31 bits per heavy atom. The average molecular weight is 439 g/mol. The molecule has 0 aliphatic carbocycles. The van der Waals surface area contributed by atoms with E-state index in [0.29, 0.717) is 24.0 Å². The smallest absolute Gasteiger partial charge is 0.246 e. The van der Waals surface area contributed by atoms with Crippen LogP contribution in [0.1, 0.15) is 36.1 Å². The van der Waals surface area contributed by atoms with E-state index >= 15 is 0 Å². The summed E-state index contributed by atoms with van der Waals surface area (Å²) in [5.41, 5.74) is 4.74. The largest absolute Gasteiger partial charge is 0.493 e. The fourth-order valence-electron chi connectivity index (χ4n) is 3.31. The third-order valence-corrected chi connectivity index (χ3v) is 4.88. The topological polar surface area (TPSA) is 67.9 Å². The summed E-state index contributed by atoms with van der Waals surface area (Å²) in [5, 5.41) is 2.92. The van der Waals surface area contributed by atoms with Crippen molar-refractivity contribution in [2.24, 2.45) is 5.92 Å². The molecule has 2 aromatic carbocycles. The zero-order valence-corrected chi connectivity index (χ0v) is 20.1. The van der Waals surface area contributed by atoms with Gasteiger partial charge in [-0.25, -0.2) is 0 Å². The Kier molecular flexibility index (Phi) is 8.88. The van der Waals surface area contributed by atoms with Gasteiger partial charge in [0.2, 0.25) is 11.8 Å². The molecule has 0 aliphatic heterocycles. The minimum atomic E-state index is -0.267. The van der Waals surface area contributed by atoms with Crippen LogP contribution in [-0.4, -0.2) is 44.0 Å². The van der Waals surface area contributed by atoms with Crippen LogP contribution in [0.15, 0.2) is 36.4 Å². The van der Waals surface area contributed by atoms with Gasteiger partial charge in [0.05, 0.1) is 20.3 Å². The van der Waals surface area contributed by atoms with Crippen molar-refractivity contribution < 1.29 is 19.1 Å². The Bertz CT molecular complexity index is 972. The highest BCUT2D eigenvalue weighted by molar-refractivity contribution is 5.98. The maximum Gasteiger partial charge on any atom is 0.246 e. The number of carbonyl (C=O) groups is 2. The number of anilines is 1. The van der Waals surface area contributed by atoms with E-state index in [4.69, 9.17) is 9.47 Å². The standard InChI is InChI=1S/C26H34N2O4/c1-17(2)16-32-22-10-8-21(14-23(22)31-7)9-11-25(30)28(6)15-24(29)27-26-19(4)12-18(3)13-20(26)5/h8-14,17H,15-16H2,1-7H3,(H,27,29)/b11-9+. The lowest BCUT2D eigenvalue weighted by atomic mass is 10.1.